The van der Waals surface area contributed by atoms with E-state index in [-0.39, 0.29) is 0 Å². The van der Waals surface area contributed by atoms with Crippen LogP contribution >= 0.6 is 11.3 Å². The largest absolute Gasteiger partial charge is 0.383 e. The summed E-state index contributed by atoms with van der Waals surface area (Å²) in [5, 5.41) is 2.13. The summed E-state index contributed by atoms with van der Waals surface area (Å²) >= 11 is 1.70. The molecule has 0 unspecified atom stereocenters. The Balaban J connectivity index is 2.31. The molecule has 0 saturated heterocycles. The lowest BCUT2D eigenvalue weighted by atomic mass is 10.3. The molecule has 0 amide bonds. The van der Waals surface area contributed by atoms with Gasteiger partial charge in [0.25, 0.3) is 0 Å². The van der Waals surface area contributed by atoms with Crippen molar-refractivity contribution in [3.63, 3.8) is 0 Å². The molecule has 0 aliphatic carbocycles. The SMILES string of the molecule is COCCN(CCCN)c1ncnc2c(C)csc12. The molecule has 2 N–H and O–H groups in total. The fraction of sp³-hybridized carbons (Fsp3) is 0.538. The van der Waals surface area contributed by atoms with Crippen molar-refractivity contribution in [2.45, 2.75) is 13.3 Å². The number of methoxy groups -OCH3 is 1. The average molecular weight is 280 g/mol. The third-order valence-electron chi connectivity index (χ3n) is 3.01. The maximum atomic E-state index is 5.61. The van der Waals surface area contributed by atoms with Gasteiger partial charge in [0, 0.05) is 20.2 Å². The number of ether oxygens (including phenoxy) is 1. The molecule has 0 atom stereocenters. The van der Waals surface area contributed by atoms with E-state index < -0.39 is 0 Å². The highest BCUT2D eigenvalue weighted by molar-refractivity contribution is 7.18. The van der Waals surface area contributed by atoms with Crippen LogP contribution in [-0.2, 0) is 4.74 Å². The molecule has 0 bridgehead atoms. The smallest absolute Gasteiger partial charge is 0.150 e. The molecule has 0 spiro atoms. The number of anilines is 1. The molecule has 5 nitrogen and oxygen atoms in total. The van der Waals surface area contributed by atoms with Crippen LogP contribution in [0.5, 0.6) is 0 Å². The minimum atomic E-state index is 0.681. The Kier molecular flexibility index (Phi) is 5.07. The van der Waals surface area contributed by atoms with Crippen LogP contribution in [0.1, 0.15) is 12.0 Å². The second-order valence-electron chi connectivity index (χ2n) is 4.42. The third kappa shape index (κ3) is 3.20. The number of rotatable bonds is 7. The number of hydrogen-bond donors (Lipinski definition) is 1. The summed E-state index contributed by atoms with van der Waals surface area (Å²) in [6.45, 7) is 5.15. The summed E-state index contributed by atoms with van der Waals surface area (Å²) in [5.74, 6) is 0.994. The van der Waals surface area contributed by atoms with Crippen molar-refractivity contribution < 1.29 is 4.74 Å². The van der Waals surface area contributed by atoms with Crippen LogP contribution in [0.25, 0.3) is 10.2 Å². The third-order valence-corrected chi connectivity index (χ3v) is 4.09. The molecule has 104 valence electrons. The van der Waals surface area contributed by atoms with Crippen LogP contribution in [0.4, 0.5) is 5.82 Å². The molecule has 2 heterocycles. The van der Waals surface area contributed by atoms with Crippen molar-refractivity contribution in [1.29, 1.82) is 0 Å². The van der Waals surface area contributed by atoms with Gasteiger partial charge in [0.1, 0.15) is 12.1 Å². The number of fused-ring (bicyclic) bond motifs is 1. The first-order chi connectivity index (χ1) is 9.27. The van der Waals surface area contributed by atoms with Crippen molar-refractivity contribution >= 4 is 27.4 Å². The number of aryl methyl sites for hydroxylation is 1. The van der Waals surface area contributed by atoms with Crippen molar-refractivity contribution in [3.05, 3.63) is 17.3 Å². The average Bonchev–Trinajstić information content (AvgIpc) is 2.81. The van der Waals surface area contributed by atoms with Gasteiger partial charge in [-0.2, -0.15) is 0 Å². The van der Waals surface area contributed by atoms with Crippen molar-refractivity contribution in [2.75, 3.05) is 38.3 Å². The normalized spacial score (nSPS) is 11.1. The molecule has 0 aliphatic rings. The van der Waals surface area contributed by atoms with Gasteiger partial charge in [-0.1, -0.05) is 0 Å². The molecular formula is C13H20N4OS. The second kappa shape index (κ2) is 6.79. The van der Waals surface area contributed by atoms with Gasteiger partial charge in [-0.3, -0.25) is 0 Å². The molecule has 19 heavy (non-hydrogen) atoms. The van der Waals surface area contributed by atoms with E-state index in [1.807, 2.05) is 0 Å². The Morgan fingerprint density at radius 2 is 2.21 bits per heavy atom. The van der Waals surface area contributed by atoms with E-state index in [2.05, 4.69) is 27.2 Å². The Labute approximate surface area is 117 Å². The lowest BCUT2D eigenvalue weighted by Crippen LogP contribution is -2.30. The van der Waals surface area contributed by atoms with E-state index in [9.17, 15) is 0 Å². The summed E-state index contributed by atoms with van der Waals surface area (Å²) in [6, 6.07) is 0. The van der Waals surface area contributed by atoms with Gasteiger partial charge in [-0.25, -0.2) is 9.97 Å². The van der Waals surface area contributed by atoms with Crippen LogP contribution in [-0.4, -0.2) is 43.3 Å². The monoisotopic (exact) mass is 280 g/mol. The Morgan fingerprint density at radius 1 is 1.37 bits per heavy atom. The minimum absolute atomic E-state index is 0.681. The fourth-order valence-corrected chi connectivity index (χ4v) is 3.01. The Hall–Kier alpha value is -1.24. The molecule has 0 aliphatic heterocycles. The highest BCUT2D eigenvalue weighted by Gasteiger charge is 2.14. The predicted molar refractivity (Wildman–Crippen MR) is 79.9 cm³/mol. The van der Waals surface area contributed by atoms with Crippen LogP contribution < -0.4 is 10.6 Å². The van der Waals surface area contributed by atoms with E-state index in [0.29, 0.717) is 13.2 Å². The van der Waals surface area contributed by atoms with Gasteiger partial charge in [0.15, 0.2) is 0 Å². The van der Waals surface area contributed by atoms with E-state index in [0.717, 1.165) is 35.5 Å². The quantitative estimate of drug-likeness (QED) is 0.838. The zero-order valence-electron chi connectivity index (χ0n) is 11.4. The second-order valence-corrected chi connectivity index (χ2v) is 5.30. The van der Waals surface area contributed by atoms with Crippen molar-refractivity contribution in [3.8, 4) is 0 Å². The van der Waals surface area contributed by atoms with Gasteiger partial charge in [0.05, 0.1) is 16.8 Å². The van der Waals surface area contributed by atoms with E-state index in [1.165, 1.54) is 5.56 Å². The van der Waals surface area contributed by atoms with E-state index in [4.69, 9.17) is 10.5 Å². The predicted octanol–water partition coefficient (Wildman–Crippen LogP) is 1.80. The molecule has 0 fully saturated rings. The number of aromatic nitrogens is 2. The van der Waals surface area contributed by atoms with E-state index >= 15 is 0 Å². The summed E-state index contributed by atoms with van der Waals surface area (Å²) in [4.78, 5) is 11.0. The highest BCUT2D eigenvalue weighted by Crippen LogP contribution is 2.30. The van der Waals surface area contributed by atoms with Crippen LogP contribution in [0.2, 0.25) is 0 Å². The van der Waals surface area contributed by atoms with Crippen LogP contribution in [0, 0.1) is 6.92 Å². The maximum absolute atomic E-state index is 5.61. The molecule has 0 aromatic carbocycles. The van der Waals surface area contributed by atoms with E-state index in [1.54, 1.807) is 24.8 Å². The summed E-state index contributed by atoms with van der Waals surface area (Å²) in [6.07, 6.45) is 2.58. The van der Waals surface area contributed by atoms with Gasteiger partial charge in [0.2, 0.25) is 0 Å². The molecular weight excluding hydrogens is 260 g/mol. The highest BCUT2D eigenvalue weighted by atomic mass is 32.1. The van der Waals surface area contributed by atoms with Gasteiger partial charge in [-0.15, -0.1) is 11.3 Å². The van der Waals surface area contributed by atoms with Crippen LogP contribution in [0.3, 0.4) is 0 Å². The summed E-state index contributed by atoms with van der Waals surface area (Å²) in [7, 11) is 1.71. The number of nitrogens with zero attached hydrogens (tertiary/aromatic N) is 3. The zero-order chi connectivity index (χ0) is 13.7. The number of hydrogen-bond acceptors (Lipinski definition) is 6. The zero-order valence-corrected chi connectivity index (χ0v) is 12.2. The first kappa shape index (κ1) is 14.2. The molecule has 0 radical (unpaired) electrons. The molecule has 2 aromatic heterocycles. The molecule has 6 heteroatoms. The molecule has 0 saturated carbocycles. The standard InChI is InChI=1S/C13H20N4OS/c1-10-8-19-12-11(10)15-9-16-13(12)17(5-3-4-14)6-7-18-2/h8-9H,3-7,14H2,1-2H3. The lowest BCUT2D eigenvalue weighted by molar-refractivity contribution is 0.205. The van der Waals surface area contributed by atoms with Crippen molar-refractivity contribution in [1.82, 2.24) is 9.97 Å². The van der Waals surface area contributed by atoms with Gasteiger partial charge >= 0.3 is 0 Å². The summed E-state index contributed by atoms with van der Waals surface area (Å²) in [5.41, 5.74) is 7.86. The first-order valence-electron chi connectivity index (χ1n) is 6.40. The van der Waals surface area contributed by atoms with Gasteiger partial charge < -0.3 is 15.4 Å². The number of thiophene rings is 1. The molecule has 2 aromatic rings. The molecule has 2 rings (SSSR count). The maximum Gasteiger partial charge on any atom is 0.150 e. The summed E-state index contributed by atoms with van der Waals surface area (Å²) < 4.78 is 6.32. The van der Waals surface area contributed by atoms with Gasteiger partial charge in [-0.05, 0) is 30.8 Å². The fourth-order valence-electron chi connectivity index (χ4n) is 1.99. The number of nitrogens with two attached hydrogens (primary N) is 1. The topological polar surface area (TPSA) is 64.3 Å². The van der Waals surface area contributed by atoms with Crippen LogP contribution in [0.15, 0.2) is 11.7 Å². The Morgan fingerprint density at radius 3 is 2.95 bits per heavy atom. The first-order valence-corrected chi connectivity index (χ1v) is 7.28. The Bertz CT molecular complexity index is 520. The lowest BCUT2D eigenvalue weighted by Gasteiger charge is -2.23. The minimum Gasteiger partial charge on any atom is -0.383 e. The van der Waals surface area contributed by atoms with Crippen molar-refractivity contribution in [2.24, 2.45) is 5.73 Å².